The van der Waals surface area contributed by atoms with E-state index < -0.39 is 0 Å². The third kappa shape index (κ3) is 2.40. The van der Waals surface area contributed by atoms with Crippen LogP contribution in [0.25, 0.3) is 10.8 Å². The average Bonchev–Trinajstić information content (AvgIpc) is 2.78. The molecule has 0 atom stereocenters. The van der Waals surface area contributed by atoms with Gasteiger partial charge in [0.15, 0.2) is 5.88 Å². The molecule has 0 fully saturated rings. The highest BCUT2D eigenvalue weighted by Crippen LogP contribution is 2.26. The Labute approximate surface area is 111 Å². The summed E-state index contributed by atoms with van der Waals surface area (Å²) in [6.45, 7) is 1.15. The minimum atomic E-state index is 0.298. The first kappa shape index (κ1) is 11.7. The van der Waals surface area contributed by atoms with Crippen LogP contribution in [0.2, 0.25) is 0 Å². The van der Waals surface area contributed by atoms with Crippen molar-refractivity contribution in [1.29, 1.82) is 0 Å². The number of para-hydroxylation sites is 1. The summed E-state index contributed by atoms with van der Waals surface area (Å²) < 4.78 is 7.44. The maximum absolute atomic E-state index is 10.1. The van der Waals surface area contributed by atoms with E-state index in [4.69, 9.17) is 4.74 Å². The average molecular weight is 253 g/mol. The van der Waals surface area contributed by atoms with Crippen LogP contribution in [0.15, 0.2) is 60.8 Å². The monoisotopic (exact) mass is 253 g/mol. The Morgan fingerprint density at radius 3 is 2.47 bits per heavy atom. The van der Waals surface area contributed by atoms with Crippen molar-refractivity contribution in [2.45, 2.75) is 6.54 Å². The molecule has 3 nitrogen and oxygen atoms in total. The molecule has 3 aromatic rings. The predicted octanol–water partition coefficient (Wildman–Crippen LogP) is 3.43. The van der Waals surface area contributed by atoms with Crippen molar-refractivity contribution in [1.82, 2.24) is 4.57 Å². The molecule has 0 saturated heterocycles. The lowest BCUT2D eigenvalue weighted by molar-refractivity contribution is 0.288. The van der Waals surface area contributed by atoms with Crippen molar-refractivity contribution < 1.29 is 9.84 Å². The molecule has 3 rings (SSSR count). The molecular formula is C16H15NO2. The second-order valence-corrected chi connectivity index (χ2v) is 4.39. The normalized spacial score (nSPS) is 10.7. The van der Waals surface area contributed by atoms with Crippen LogP contribution in [0.1, 0.15) is 0 Å². The fourth-order valence-electron chi connectivity index (χ4n) is 2.15. The third-order valence-corrected chi connectivity index (χ3v) is 3.11. The van der Waals surface area contributed by atoms with Gasteiger partial charge in [-0.05, 0) is 18.2 Å². The number of fused-ring (bicyclic) bond motifs is 1. The topological polar surface area (TPSA) is 34.4 Å². The lowest BCUT2D eigenvalue weighted by Crippen LogP contribution is -2.06. The van der Waals surface area contributed by atoms with Crippen LogP contribution in [0.5, 0.6) is 11.6 Å². The Bertz CT molecular complexity index is 674. The smallest absolute Gasteiger partial charge is 0.199 e. The zero-order chi connectivity index (χ0) is 13.1. The van der Waals surface area contributed by atoms with Gasteiger partial charge in [-0.15, -0.1) is 0 Å². The first-order valence-electron chi connectivity index (χ1n) is 6.29. The zero-order valence-electron chi connectivity index (χ0n) is 10.5. The van der Waals surface area contributed by atoms with Gasteiger partial charge in [-0.1, -0.05) is 36.4 Å². The quantitative estimate of drug-likeness (QED) is 0.773. The summed E-state index contributed by atoms with van der Waals surface area (Å²) in [5.41, 5.74) is 0. The second kappa shape index (κ2) is 5.06. The van der Waals surface area contributed by atoms with Gasteiger partial charge in [-0.3, -0.25) is 0 Å². The fourth-order valence-corrected chi connectivity index (χ4v) is 2.15. The van der Waals surface area contributed by atoms with Crippen molar-refractivity contribution in [3.05, 3.63) is 60.8 Å². The van der Waals surface area contributed by atoms with E-state index in [1.807, 2.05) is 65.4 Å². The first-order chi connectivity index (χ1) is 9.34. The minimum absolute atomic E-state index is 0.298. The Morgan fingerprint density at radius 1 is 0.947 bits per heavy atom. The molecule has 0 bridgehead atoms. The Hall–Kier alpha value is -2.42. The number of aromatic hydroxyl groups is 1. The summed E-state index contributed by atoms with van der Waals surface area (Å²) >= 11 is 0. The summed E-state index contributed by atoms with van der Waals surface area (Å²) in [5.74, 6) is 1.14. The van der Waals surface area contributed by atoms with Gasteiger partial charge in [0.1, 0.15) is 12.4 Å². The number of benzene rings is 2. The Kier molecular flexibility index (Phi) is 3.11. The van der Waals surface area contributed by atoms with Gasteiger partial charge in [-0.2, -0.15) is 0 Å². The molecule has 0 aliphatic carbocycles. The predicted molar refractivity (Wildman–Crippen MR) is 75.5 cm³/mol. The van der Waals surface area contributed by atoms with Crippen LogP contribution in [0.3, 0.4) is 0 Å². The lowest BCUT2D eigenvalue weighted by atomic mass is 10.2. The van der Waals surface area contributed by atoms with Crippen LogP contribution in [-0.2, 0) is 6.54 Å². The standard InChI is InChI=1S/C16H15NO2/c18-16-15-9-5-4-6-13(15)12-17(16)10-11-19-14-7-2-1-3-8-14/h1-9,12,18H,10-11H2. The van der Waals surface area contributed by atoms with Crippen LogP contribution in [-0.4, -0.2) is 16.3 Å². The highest BCUT2D eigenvalue weighted by atomic mass is 16.5. The lowest BCUT2D eigenvalue weighted by Gasteiger charge is -2.07. The van der Waals surface area contributed by atoms with Crippen LogP contribution < -0.4 is 4.74 Å². The molecule has 0 aliphatic heterocycles. The molecule has 0 unspecified atom stereocenters. The SMILES string of the molecule is Oc1c2ccccc2cn1CCOc1ccccc1. The molecule has 2 aromatic carbocycles. The van der Waals surface area contributed by atoms with Crippen LogP contribution in [0.4, 0.5) is 0 Å². The number of rotatable bonds is 4. The van der Waals surface area contributed by atoms with Crippen molar-refractivity contribution in [2.24, 2.45) is 0 Å². The number of hydrogen-bond acceptors (Lipinski definition) is 2. The van der Waals surface area contributed by atoms with E-state index in [1.54, 1.807) is 0 Å². The molecule has 0 aliphatic rings. The van der Waals surface area contributed by atoms with Gasteiger partial charge < -0.3 is 14.4 Å². The third-order valence-electron chi connectivity index (χ3n) is 3.11. The van der Waals surface area contributed by atoms with Crippen LogP contribution >= 0.6 is 0 Å². The van der Waals surface area contributed by atoms with E-state index in [9.17, 15) is 5.11 Å². The maximum atomic E-state index is 10.1. The number of ether oxygens (including phenoxy) is 1. The molecule has 96 valence electrons. The molecule has 19 heavy (non-hydrogen) atoms. The summed E-state index contributed by atoms with van der Waals surface area (Å²) in [5, 5.41) is 12.0. The Morgan fingerprint density at radius 2 is 1.68 bits per heavy atom. The van der Waals surface area contributed by atoms with Crippen molar-refractivity contribution in [3.63, 3.8) is 0 Å². The number of hydrogen-bond donors (Lipinski definition) is 1. The molecule has 0 amide bonds. The van der Waals surface area contributed by atoms with E-state index in [1.165, 1.54) is 0 Å². The summed E-state index contributed by atoms with van der Waals surface area (Å²) in [4.78, 5) is 0. The van der Waals surface area contributed by atoms with E-state index in [2.05, 4.69) is 0 Å². The minimum Gasteiger partial charge on any atom is -0.494 e. The van der Waals surface area contributed by atoms with Gasteiger partial charge in [0, 0.05) is 17.0 Å². The van der Waals surface area contributed by atoms with Gasteiger partial charge in [0.25, 0.3) is 0 Å². The maximum Gasteiger partial charge on any atom is 0.199 e. The molecule has 0 spiro atoms. The van der Waals surface area contributed by atoms with Gasteiger partial charge in [0.05, 0.1) is 6.54 Å². The summed E-state index contributed by atoms with van der Waals surface area (Å²) in [6, 6.07) is 17.5. The first-order valence-corrected chi connectivity index (χ1v) is 6.29. The van der Waals surface area contributed by atoms with E-state index >= 15 is 0 Å². The largest absolute Gasteiger partial charge is 0.494 e. The zero-order valence-corrected chi connectivity index (χ0v) is 10.5. The highest BCUT2D eigenvalue weighted by molar-refractivity contribution is 5.87. The van der Waals surface area contributed by atoms with Gasteiger partial charge in [-0.25, -0.2) is 0 Å². The van der Waals surface area contributed by atoms with E-state index in [0.29, 0.717) is 19.0 Å². The van der Waals surface area contributed by atoms with Crippen molar-refractivity contribution in [3.8, 4) is 11.6 Å². The second-order valence-electron chi connectivity index (χ2n) is 4.39. The molecule has 0 radical (unpaired) electrons. The molecule has 3 heteroatoms. The Balaban J connectivity index is 1.70. The molecule has 1 N–H and O–H groups in total. The van der Waals surface area contributed by atoms with Crippen molar-refractivity contribution >= 4 is 10.8 Å². The summed E-state index contributed by atoms with van der Waals surface area (Å²) in [7, 11) is 0. The highest BCUT2D eigenvalue weighted by Gasteiger charge is 2.06. The van der Waals surface area contributed by atoms with Crippen LogP contribution in [0, 0.1) is 0 Å². The summed E-state index contributed by atoms with van der Waals surface area (Å²) in [6.07, 6.45) is 1.94. The van der Waals surface area contributed by atoms with E-state index in [0.717, 1.165) is 16.5 Å². The number of nitrogens with zero attached hydrogens (tertiary/aromatic N) is 1. The molecule has 1 aromatic heterocycles. The van der Waals surface area contributed by atoms with Gasteiger partial charge >= 0.3 is 0 Å². The number of aromatic nitrogens is 1. The molecule has 1 heterocycles. The molecular weight excluding hydrogens is 238 g/mol. The van der Waals surface area contributed by atoms with Gasteiger partial charge in [0.2, 0.25) is 0 Å². The van der Waals surface area contributed by atoms with E-state index in [-0.39, 0.29) is 0 Å². The molecule has 0 saturated carbocycles. The van der Waals surface area contributed by atoms with Crippen molar-refractivity contribution in [2.75, 3.05) is 6.61 Å². The fraction of sp³-hybridized carbons (Fsp3) is 0.125.